The highest BCUT2D eigenvalue weighted by Gasteiger charge is 2.29. The number of nitrogens with zero attached hydrogens (tertiary/aromatic N) is 1. The Morgan fingerprint density at radius 2 is 1.83 bits per heavy atom. The Balaban J connectivity index is 2.37. The fourth-order valence-corrected chi connectivity index (χ4v) is 3.88. The first-order valence-electron chi connectivity index (χ1n) is 7.66. The van der Waals surface area contributed by atoms with E-state index in [1.54, 1.807) is 26.8 Å². The molecule has 0 saturated carbocycles. The van der Waals surface area contributed by atoms with Gasteiger partial charge in [0, 0.05) is 18.5 Å². The average molecular weight is 340 g/mol. The number of hydrogen-bond acceptors (Lipinski definition) is 4. The molecule has 1 aromatic rings. The second-order valence-corrected chi connectivity index (χ2v) is 8.62. The standard InChI is InChI=1S/C16H24N2O4S/c1-16(2,3)15(19)17-13-11-12(7-8-14(13)22-4)23(20,21)18-9-5-6-10-18/h7-8,11H,5-6,9-10H2,1-4H3,(H,17,19). The van der Waals surface area contributed by atoms with Crippen molar-refractivity contribution in [2.24, 2.45) is 5.41 Å². The van der Waals surface area contributed by atoms with Gasteiger partial charge in [-0.1, -0.05) is 20.8 Å². The van der Waals surface area contributed by atoms with E-state index in [0.29, 0.717) is 24.5 Å². The number of carbonyl (C=O) groups is 1. The van der Waals surface area contributed by atoms with Crippen LogP contribution in [0.15, 0.2) is 23.1 Å². The molecule has 0 atom stereocenters. The third-order valence-electron chi connectivity index (χ3n) is 3.80. The Kier molecular flexibility index (Phi) is 5.01. The van der Waals surface area contributed by atoms with Crippen LogP contribution in [0.3, 0.4) is 0 Å². The van der Waals surface area contributed by atoms with Crippen LogP contribution in [-0.4, -0.2) is 38.8 Å². The number of methoxy groups -OCH3 is 1. The van der Waals surface area contributed by atoms with Crippen molar-refractivity contribution in [2.45, 2.75) is 38.5 Å². The van der Waals surface area contributed by atoms with E-state index < -0.39 is 15.4 Å². The number of hydrogen-bond donors (Lipinski definition) is 1. The first-order chi connectivity index (χ1) is 10.7. The number of anilines is 1. The largest absolute Gasteiger partial charge is 0.495 e. The lowest BCUT2D eigenvalue weighted by Crippen LogP contribution is -2.29. The summed E-state index contributed by atoms with van der Waals surface area (Å²) >= 11 is 0. The fraction of sp³-hybridized carbons (Fsp3) is 0.562. The van der Waals surface area contributed by atoms with Crippen molar-refractivity contribution < 1.29 is 17.9 Å². The van der Waals surface area contributed by atoms with Crippen molar-refractivity contribution in [1.82, 2.24) is 4.31 Å². The molecule has 1 saturated heterocycles. The van der Waals surface area contributed by atoms with E-state index in [4.69, 9.17) is 4.74 Å². The first-order valence-corrected chi connectivity index (χ1v) is 9.10. The highest BCUT2D eigenvalue weighted by Crippen LogP contribution is 2.31. The molecular weight excluding hydrogens is 316 g/mol. The second kappa shape index (κ2) is 6.49. The zero-order valence-electron chi connectivity index (χ0n) is 14.0. The van der Waals surface area contributed by atoms with Gasteiger partial charge in [0.15, 0.2) is 0 Å². The molecule has 6 nitrogen and oxygen atoms in total. The molecule has 1 heterocycles. The average Bonchev–Trinajstić information content (AvgIpc) is 3.01. The molecule has 23 heavy (non-hydrogen) atoms. The molecule has 1 aliphatic heterocycles. The van der Waals surface area contributed by atoms with E-state index in [1.165, 1.54) is 23.5 Å². The van der Waals surface area contributed by atoms with Crippen LogP contribution in [0.4, 0.5) is 5.69 Å². The third kappa shape index (κ3) is 3.84. The van der Waals surface area contributed by atoms with Crippen LogP contribution in [0.5, 0.6) is 5.75 Å². The molecule has 128 valence electrons. The molecule has 0 aromatic heterocycles. The van der Waals surface area contributed by atoms with E-state index in [-0.39, 0.29) is 10.8 Å². The highest BCUT2D eigenvalue weighted by atomic mass is 32.2. The van der Waals surface area contributed by atoms with Gasteiger partial charge in [-0.25, -0.2) is 8.42 Å². The van der Waals surface area contributed by atoms with Crippen LogP contribution < -0.4 is 10.1 Å². The molecule has 0 spiro atoms. The van der Waals surface area contributed by atoms with Gasteiger partial charge in [0.25, 0.3) is 0 Å². The molecule has 1 amide bonds. The van der Waals surface area contributed by atoms with Crippen molar-refractivity contribution >= 4 is 21.6 Å². The predicted octanol–water partition coefficient (Wildman–Crippen LogP) is 2.46. The fourth-order valence-electron chi connectivity index (χ4n) is 2.33. The monoisotopic (exact) mass is 340 g/mol. The van der Waals surface area contributed by atoms with E-state index >= 15 is 0 Å². The Bertz CT molecular complexity index is 687. The van der Waals surface area contributed by atoms with Gasteiger partial charge in [-0.05, 0) is 31.0 Å². The van der Waals surface area contributed by atoms with Gasteiger partial charge >= 0.3 is 0 Å². The molecule has 1 fully saturated rings. The number of benzene rings is 1. The normalized spacial score (nSPS) is 16.3. The van der Waals surface area contributed by atoms with Gasteiger partial charge in [0.2, 0.25) is 15.9 Å². The number of rotatable bonds is 4. The molecule has 0 aliphatic carbocycles. The smallest absolute Gasteiger partial charge is 0.243 e. The van der Waals surface area contributed by atoms with Gasteiger partial charge in [-0.15, -0.1) is 0 Å². The van der Waals surface area contributed by atoms with Crippen molar-refractivity contribution in [2.75, 3.05) is 25.5 Å². The van der Waals surface area contributed by atoms with Crippen LogP contribution in [0.25, 0.3) is 0 Å². The number of carbonyl (C=O) groups excluding carboxylic acids is 1. The minimum Gasteiger partial charge on any atom is -0.495 e. The zero-order chi connectivity index (χ0) is 17.3. The van der Waals surface area contributed by atoms with Crippen LogP contribution >= 0.6 is 0 Å². The topological polar surface area (TPSA) is 75.7 Å². The number of nitrogens with one attached hydrogen (secondary N) is 1. The molecule has 1 N–H and O–H groups in total. The van der Waals surface area contributed by atoms with E-state index in [0.717, 1.165) is 12.8 Å². The summed E-state index contributed by atoms with van der Waals surface area (Å²) in [5.41, 5.74) is -0.220. The van der Waals surface area contributed by atoms with Gasteiger partial charge in [0.1, 0.15) is 5.75 Å². The number of amides is 1. The number of sulfonamides is 1. The minimum atomic E-state index is -3.53. The Hall–Kier alpha value is -1.60. The molecular formula is C16H24N2O4S. The maximum atomic E-state index is 12.6. The Morgan fingerprint density at radius 1 is 1.22 bits per heavy atom. The van der Waals surface area contributed by atoms with Gasteiger partial charge in [-0.3, -0.25) is 4.79 Å². The maximum Gasteiger partial charge on any atom is 0.243 e. The molecule has 0 unspecified atom stereocenters. The summed E-state index contributed by atoms with van der Waals surface area (Å²) < 4.78 is 32.0. The summed E-state index contributed by atoms with van der Waals surface area (Å²) in [7, 11) is -2.05. The Morgan fingerprint density at radius 3 is 2.35 bits per heavy atom. The van der Waals surface area contributed by atoms with Crippen LogP contribution in [0.2, 0.25) is 0 Å². The lowest BCUT2D eigenvalue weighted by Gasteiger charge is -2.20. The van der Waals surface area contributed by atoms with E-state index in [1.807, 2.05) is 0 Å². The van der Waals surface area contributed by atoms with Crippen LogP contribution in [-0.2, 0) is 14.8 Å². The predicted molar refractivity (Wildman–Crippen MR) is 89.1 cm³/mol. The zero-order valence-corrected chi connectivity index (χ0v) is 14.9. The van der Waals surface area contributed by atoms with E-state index in [2.05, 4.69) is 5.32 Å². The third-order valence-corrected chi connectivity index (χ3v) is 5.70. The molecule has 1 aromatic carbocycles. The van der Waals surface area contributed by atoms with Gasteiger partial charge < -0.3 is 10.1 Å². The molecule has 0 radical (unpaired) electrons. The summed E-state index contributed by atoms with van der Waals surface area (Å²) in [6.45, 7) is 6.45. The van der Waals surface area contributed by atoms with Gasteiger partial charge in [-0.2, -0.15) is 4.31 Å². The number of ether oxygens (including phenoxy) is 1. The van der Waals surface area contributed by atoms with Crippen molar-refractivity contribution in [1.29, 1.82) is 0 Å². The van der Waals surface area contributed by atoms with Crippen molar-refractivity contribution in [3.8, 4) is 5.75 Å². The highest BCUT2D eigenvalue weighted by molar-refractivity contribution is 7.89. The van der Waals surface area contributed by atoms with E-state index in [9.17, 15) is 13.2 Å². The van der Waals surface area contributed by atoms with Crippen molar-refractivity contribution in [3.63, 3.8) is 0 Å². The summed E-state index contributed by atoms with van der Waals surface area (Å²) in [5, 5.41) is 2.76. The minimum absolute atomic E-state index is 0.171. The quantitative estimate of drug-likeness (QED) is 0.913. The summed E-state index contributed by atoms with van der Waals surface area (Å²) in [4.78, 5) is 12.4. The first kappa shape index (κ1) is 17.7. The van der Waals surface area contributed by atoms with Crippen molar-refractivity contribution in [3.05, 3.63) is 18.2 Å². The molecule has 1 aliphatic rings. The lowest BCUT2D eigenvalue weighted by molar-refractivity contribution is -0.123. The summed E-state index contributed by atoms with van der Waals surface area (Å²) in [6, 6.07) is 4.55. The maximum absolute atomic E-state index is 12.6. The van der Waals surface area contributed by atoms with Gasteiger partial charge in [0.05, 0.1) is 17.7 Å². The summed E-state index contributed by atoms with van der Waals surface area (Å²) in [5.74, 6) is 0.231. The van der Waals surface area contributed by atoms with Crippen LogP contribution in [0, 0.1) is 5.41 Å². The molecule has 2 rings (SSSR count). The lowest BCUT2D eigenvalue weighted by atomic mass is 9.95. The second-order valence-electron chi connectivity index (χ2n) is 6.68. The Labute approximate surface area is 137 Å². The SMILES string of the molecule is COc1ccc(S(=O)(=O)N2CCCC2)cc1NC(=O)C(C)(C)C. The van der Waals surface area contributed by atoms with Crippen LogP contribution in [0.1, 0.15) is 33.6 Å². The molecule has 0 bridgehead atoms. The summed E-state index contributed by atoms with van der Waals surface area (Å²) in [6.07, 6.45) is 1.76. The molecule has 7 heteroatoms.